The van der Waals surface area contributed by atoms with Crippen LogP contribution in [0.25, 0.3) is 0 Å². The molecule has 1 N–H and O–H groups in total. The first kappa shape index (κ1) is 15.5. The van der Waals surface area contributed by atoms with Crippen molar-refractivity contribution in [3.63, 3.8) is 0 Å². The normalized spacial score (nSPS) is 9.77. The number of hydrogen-bond acceptors (Lipinski definition) is 1. The van der Waals surface area contributed by atoms with E-state index in [1.807, 2.05) is 0 Å². The van der Waals surface area contributed by atoms with Crippen LogP contribution in [0.3, 0.4) is 0 Å². The topological polar surface area (TPSA) is 37.3 Å². The van der Waals surface area contributed by atoms with E-state index in [1.165, 1.54) is 19.3 Å². The van der Waals surface area contributed by atoms with Crippen molar-refractivity contribution in [2.24, 2.45) is 5.92 Å². The fraction of sp³-hybridized carbons (Fsp3) is 0.900. The molecule has 0 aromatic rings. The van der Waals surface area contributed by atoms with Crippen LogP contribution < -0.4 is 0 Å². The summed E-state index contributed by atoms with van der Waals surface area (Å²) in [6.45, 7) is 4.44. The van der Waals surface area contributed by atoms with Crippen LogP contribution in [0.4, 0.5) is 0 Å². The molecule has 0 bridgehead atoms. The van der Waals surface area contributed by atoms with E-state index in [9.17, 15) is 4.79 Å². The van der Waals surface area contributed by atoms with Gasteiger partial charge in [0.1, 0.15) is 0 Å². The van der Waals surface area contributed by atoms with Gasteiger partial charge < -0.3 is 5.11 Å². The van der Waals surface area contributed by atoms with E-state index in [0.717, 1.165) is 18.8 Å². The number of carbonyl (C=O) groups is 1. The van der Waals surface area contributed by atoms with Crippen molar-refractivity contribution < 1.29 is 27.0 Å². The van der Waals surface area contributed by atoms with Gasteiger partial charge in [-0.25, -0.2) is 0 Å². The molecule has 0 atom stereocenters. The van der Waals surface area contributed by atoms with Crippen molar-refractivity contribution >= 4 is 5.97 Å². The van der Waals surface area contributed by atoms with Crippen molar-refractivity contribution in [1.29, 1.82) is 0 Å². The van der Waals surface area contributed by atoms with Gasteiger partial charge in [-0.1, -0.05) is 39.5 Å². The predicted octanol–water partition coefficient (Wildman–Crippen LogP) is 3.07. The summed E-state index contributed by atoms with van der Waals surface area (Å²) in [6.07, 6.45) is 5.95. The van der Waals surface area contributed by atoms with E-state index in [-0.39, 0.29) is 17.1 Å². The average molecular weight is 236 g/mol. The van der Waals surface area contributed by atoms with Crippen molar-refractivity contribution in [1.82, 2.24) is 0 Å². The van der Waals surface area contributed by atoms with E-state index < -0.39 is 5.97 Å². The number of rotatable bonds is 7. The van der Waals surface area contributed by atoms with Crippen molar-refractivity contribution in [2.75, 3.05) is 0 Å². The second-order valence-electron chi connectivity index (χ2n) is 3.74. The number of aliphatic carboxylic acids is 1. The molecule has 0 amide bonds. The molecule has 0 aromatic heterocycles. The van der Waals surface area contributed by atoms with Crippen LogP contribution in [-0.2, 0) is 21.9 Å². The van der Waals surface area contributed by atoms with Gasteiger partial charge in [0.2, 0.25) is 0 Å². The third kappa shape index (κ3) is 14.8. The van der Waals surface area contributed by atoms with E-state index in [2.05, 4.69) is 13.8 Å². The van der Waals surface area contributed by atoms with Crippen LogP contribution in [0, 0.1) is 5.92 Å². The zero-order valence-electron chi connectivity index (χ0n) is 8.48. The van der Waals surface area contributed by atoms with Crippen LogP contribution in [0.1, 0.15) is 52.4 Å². The van der Waals surface area contributed by atoms with Crippen molar-refractivity contribution in [2.45, 2.75) is 52.4 Å². The molecule has 0 unspecified atom stereocenters. The SMILES string of the molecule is CC(C)CCCCCCC(=O)O.[Cu]. The van der Waals surface area contributed by atoms with Crippen LogP contribution in [0.2, 0.25) is 0 Å². The third-order valence-electron chi connectivity index (χ3n) is 1.92. The first-order valence-electron chi connectivity index (χ1n) is 4.84. The van der Waals surface area contributed by atoms with Gasteiger partial charge in [0.05, 0.1) is 0 Å². The first-order valence-corrected chi connectivity index (χ1v) is 4.84. The van der Waals surface area contributed by atoms with Crippen molar-refractivity contribution in [3.05, 3.63) is 0 Å². The van der Waals surface area contributed by atoms with Gasteiger partial charge in [-0.05, 0) is 12.3 Å². The monoisotopic (exact) mass is 235 g/mol. The maximum atomic E-state index is 10.1. The number of carboxylic acid groups (broad SMARTS) is 1. The smallest absolute Gasteiger partial charge is 0.303 e. The van der Waals surface area contributed by atoms with Crippen LogP contribution in [0.5, 0.6) is 0 Å². The fourth-order valence-corrected chi connectivity index (χ4v) is 1.18. The van der Waals surface area contributed by atoms with Gasteiger partial charge in [0.25, 0.3) is 0 Å². The minimum atomic E-state index is -0.668. The third-order valence-corrected chi connectivity index (χ3v) is 1.92. The largest absolute Gasteiger partial charge is 0.481 e. The standard InChI is InChI=1S/C10H20O2.Cu/c1-9(2)7-5-3-4-6-8-10(11)12;/h9H,3-8H2,1-2H3,(H,11,12);. The molecule has 2 nitrogen and oxygen atoms in total. The summed E-state index contributed by atoms with van der Waals surface area (Å²) in [5, 5.41) is 8.36. The van der Waals surface area contributed by atoms with Crippen LogP contribution in [-0.4, -0.2) is 11.1 Å². The fourth-order valence-electron chi connectivity index (χ4n) is 1.18. The van der Waals surface area contributed by atoms with Gasteiger partial charge in [-0.3, -0.25) is 4.79 Å². The Labute approximate surface area is 91.6 Å². The molecular formula is C10H20CuO2. The van der Waals surface area contributed by atoms with E-state index in [0.29, 0.717) is 6.42 Å². The zero-order chi connectivity index (χ0) is 9.40. The average Bonchev–Trinajstić information content (AvgIpc) is 1.95. The van der Waals surface area contributed by atoms with Gasteiger partial charge in [-0.2, -0.15) is 0 Å². The minimum absolute atomic E-state index is 0. The van der Waals surface area contributed by atoms with E-state index in [4.69, 9.17) is 5.11 Å². The van der Waals surface area contributed by atoms with E-state index >= 15 is 0 Å². The molecule has 0 heterocycles. The molecule has 0 fully saturated rings. The molecule has 0 saturated heterocycles. The molecule has 13 heavy (non-hydrogen) atoms. The molecule has 0 aliphatic rings. The van der Waals surface area contributed by atoms with Crippen LogP contribution >= 0.6 is 0 Å². The van der Waals surface area contributed by atoms with Gasteiger partial charge in [-0.15, -0.1) is 0 Å². The minimum Gasteiger partial charge on any atom is -0.481 e. The maximum absolute atomic E-state index is 10.1. The molecule has 83 valence electrons. The molecule has 0 aromatic carbocycles. The van der Waals surface area contributed by atoms with Gasteiger partial charge in [0.15, 0.2) is 0 Å². The molecule has 1 radical (unpaired) electrons. The second-order valence-corrected chi connectivity index (χ2v) is 3.74. The molecule has 0 spiro atoms. The summed E-state index contributed by atoms with van der Waals surface area (Å²) < 4.78 is 0. The molecular weight excluding hydrogens is 216 g/mol. The zero-order valence-corrected chi connectivity index (χ0v) is 9.42. The summed E-state index contributed by atoms with van der Waals surface area (Å²) in [5.41, 5.74) is 0. The Balaban J connectivity index is 0. The summed E-state index contributed by atoms with van der Waals surface area (Å²) in [4.78, 5) is 10.1. The number of unbranched alkanes of at least 4 members (excludes halogenated alkanes) is 3. The molecule has 0 saturated carbocycles. The Morgan fingerprint density at radius 3 is 2.15 bits per heavy atom. The van der Waals surface area contributed by atoms with Gasteiger partial charge >= 0.3 is 5.97 Å². The van der Waals surface area contributed by atoms with Crippen molar-refractivity contribution in [3.8, 4) is 0 Å². The number of carboxylic acids is 1. The molecule has 3 heteroatoms. The number of hydrogen-bond donors (Lipinski definition) is 1. The maximum Gasteiger partial charge on any atom is 0.303 e. The Morgan fingerprint density at radius 1 is 1.15 bits per heavy atom. The quantitative estimate of drug-likeness (QED) is 0.544. The Kier molecular flexibility index (Phi) is 12.0. The Bertz CT molecular complexity index is 124. The summed E-state index contributed by atoms with van der Waals surface area (Å²) in [7, 11) is 0. The van der Waals surface area contributed by atoms with E-state index in [1.54, 1.807) is 0 Å². The Hall–Kier alpha value is -0.0105. The Morgan fingerprint density at radius 2 is 1.69 bits per heavy atom. The summed E-state index contributed by atoms with van der Waals surface area (Å²) in [6, 6.07) is 0. The predicted molar refractivity (Wildman–Crippen MR) is 50.2 cm³/mol. The van der Waals surface area contributed by atoms with Crippen LogP contribution in [0.15, 0.2) is 0 Å². The molecule has 0 rings (SSSR count). The first-order chi connectivity index (χ1) is 5.63. The summed E-state index contributed by atoms with van der Waals surface area (Å²) in [5.74, 6) is 0.114. The second kappa shape index (κ2) is 10.1. The summed E-state index contributed by atoms with van der Waals surface area (Å²) >= 11 is 0. The van der Waals surface area contributed by atoms with Gasteiger partial charge in [0, 0.05) is 23.5 Å². The molecule has 0 aliphatic carbocycles. The molecule has 0 aliphatic heterocycles.